The highest BCUT2D eigenvalue weighted by Gasteiger charge is 2.35. The fourth-order valence-electron chi connectivity index (χ4n) is 3.69. The Morgan fingerprint density at radius 3 is 2.75 bits per heavy atom. The second kappa shape index (κ2) is 7.18. The first-order chi connectivity index (χ1) is 13.4. The number of hydrogen-bond acceptors (Lipinski definition) is 3. The lowest BCUT2D eigenvalue weighted by atomic mass is 9.87. The third-order valence-electron chi connectivity index (χ3n) is 5.16. The second-order valence-electron chi connectivity index (χ2n) is 7.24. The molecule has 0 bridgehead atoms. The van der Waals surface area contributed by atoms with Gasteiger partial charge in [0.2, 0.25) is 11.5 Å². The summed E-state index contributed by atoms with van der Waals surface area (Å²) in [6.07, 6.45) is 1.99. The van der Waals surface area contributed by atoms with Crippen LogP contribution in [0.25, 0.3) is 10.9 Å². The Bertz CT molecular complexity index is 1060. The molecule has 1 fully saturated rings. The van der Waals surface area contributed by atoms with E-state index in [1.54, 1.807) is 16.8 Å². The van der Waals surface area contributed by atoms with Gasteiger partial charge in [0.15, 0.2) is 0 Å². The Morgan fingerprint density at radius 2 is 2.00 bits per heavy atom. The first-order valence-electron chi connectivity index (χ1n) is 9.25. The van der Waals surface area contributed by atoms with Crippen LogP contribution < -0.4 is 10.9 Å². The Labute approximate surface area is 159 Å². The van der Waals surface area contributed by atoms with Crippen molar-refractivity contribution in [2.24, 2.45) is 5.92 Å². The van der Waals surface area contributed by atoms with E-state index in [1.165, 1.54) is 12.3 Å². The number of benzene rings is 1. The molecule has 0 saturated heterocycles. The molecule has 0 atom stereocenters. The van der Waals surface area contributed by atoms with Crippen LogP contribution >= 0.6 is 0 Å². The van der Waals surface area contributed by atoms with Gasteiger partial charge in [-0.15, -0.1) is 0 Å². The van der Waals surface area contributed by atoms with Gasteiger partial charge in [-0.2, -0.15) is 5.10 Å². The number of nitrogens with one attached hydrogen (secondary N) is 2. The number of aromatic nitrogens is 3. The van der Waals surface area contributed by atoms with Crippen LogP contribution in [0.15, 0.2) is 47.4 Å². The summed E-state index contributed by atoms with van der Waals surface area (Å²) < 4.78 is 28.5. The fraction of sp³-hybridized carbons (Fsp3) is 0.350. The maximum atomic E-state index is 13.5. The lowest BCUT2D eigenvalue weighted by molar-refractivity contribution is -0.0476. The van der Waals surface area contributed by atoms with Crippen molar-refractivity contribution < 1.29 is 13.6 Å². The zero-order chi connectivity index (χ0) is 19.7. The first-order valence-corrected chi connectivity index (χ1v) is 9.25. The van der Waals surface area contributed by atoms with E-state index in [0.29, 0.717) is 41.7 Å². The van der Waals surface area contributed by atoms with Crippen LogP contribution in [-0.2, 0) is 6.54 Å². The molecular weight excluding hydrogens is 366 g/mol. The standard InChI is InChI=1S/C20H20F2N4O2/c21-20(22)8-5-13(6-9-20)12-26-18(15-3-1-2-4-16(15)25-26)19(28)24-14-7-10-23-17(27)11-14/h1-4,7,10-11,13H,5-6,8-9,12H2,(H2,23,24,27,28). The molecule has 1 amide bonds. The Balaban J connectivity index is 1.63. The number of halogens is 2. The van der Waals surface area contributed by atoms with Gasteiger partial charge in [-0.3, -0.25) is 14.3 Å². The minimum atomic E-state index is -2.59. The Morgan fingerprint density at radius 1 is 1.25 bits per heavy atom. The summed E-state index contributed by atoms with van der Waals surface area (Å²) in [7, 11) is 0. The molecular formula is C20H20F2N4O2. The third kappa shape index (κ3) is 3.81. The molecule has 2 N–H and O–H groups in total. The van der Waals surface area contributed by atoms with E-state index in [9.17, 15) is 18.4 Å². The van der Waals surface area contributed by atoms with Crippen molar-refractivity contribution in [3.05, 3.63) is 58.6 Å². The van der Waals surface area contributed by atoms with E-state index in [-0.39, 0.29) is 30.2 Å². The number of anilines is 1. The molecule has 4 rings (SSSR count). The topological polar surface area (TPSA) is 79.8 Å². The predicted octanol–water partition coefficient (Wildman–Crippen LogP) is 3.80. The Hall–Kier alpha value is -3.03. The maximum absolute atomic E-state index is 13.5. The van der Waals surface area contributed by atoms with E-state index in [2.05, 4.69) is 15.4 Å². The largest absolute Gasteiger partial charge is 0.329 e. The van der Waals surface area contributed by atoms with Crippen molar-refractivity contribution in [2.45, 2.75) is 38.2 Å². The summed E-state index contributed by atoms with van der Waals surface area (Å²) in [6.45, 7) is 0.406. The molecule has 6 nitrogen and oxygen atoms in total. The molecule has 0 spiro atoms. The summed E-state index contributed by atoms with van der Waals surface area (Å²) in [4.78, 5) is 26.9. The monoisotopic (exact) mass is 386 g/mol. The summed E-state index contributed by atoms with van der Waals surface area (Å²) in [5.41, 5.74) is 1.09. The van der Waals surface area contributed by atoms with Crippen LogP contribution in [0.4, 0.5) is 14.5 Å². The van der Waals surface area contributed by atoms with Crippen LogP contribution in [0.3, 0.4) is 0 Å². The molecule has 8 heteroatoms. The van der Waals surface area contributed by atoms with Gasteiger partial charge in [-0.25, -0.2) is 8.78 Å². The molecule has 1 aromatic carbocycles. The molecule has 1 aliphatic rings. The van der Waals surface area contributed by atoms with Crippen molar-refractivity contribution in [1.82, 2.24) is 14.8 Å². The van der Waals surface area contributed by atoms with Gasteiger partial charge in [-0.1, -0.05) is 18.2 Å². The number of nitrogens with zero attached hydrogens (tertiary/aromatic N) is 2. The summed E-state index contributed by atoms with van der Waals surface area (Å²) in [6, 6.07) is 10.2. The molecule has 28 heavy (non-hydrogen) atoms. The molecule has 1 saturated carbocycles. The lowest BCUT2D eigenvalue weighted by Crippen LogP contribution is -2.28. The van der Waals surface area contributed by atoms with Gasteiger partial charge < -0.3 is 10.3 Å². The average molecular weight is 386 g/mol. The average Bonchev–Trinajstić information content (AvgIpc) is 3.01. The highest BCUT2D eigenvalue weighted by Crippen LogP contribution is 2.37. The van der Waals surface area contributed by atoms with Crippen molar-refractivity contribution in [3.8, 4) is 0 Å². The second-order valence-corrected chi connectivity index (χ2v) is 7.24. The first kappa shape index (κ1) is 18.3. The minimum Gasteiger partial charge on any atom is -0.329 e. The predicted molar refractivity (Wildman–Crippen MR) is 102 cm³/mol. The summed E-state index contributed by atoms with van der Waals surface area (Å²) >= 11 is 0. The number of carbonyl (C=O) groups excluding carboxylic acids is 1. The molecule has 1 aliphatic carbocycles. The maximum Gasteiger partial charge on any atom is 0.274 e. The SMILES string of the molecule is O=C(Nc1cc[nH]c(=O)c1)c1c2ccccc2nn1CC1CCC(F)(F)CC1. The molecule has 3 aromatic rings. The van der Waals surface area contributed by atoms with E-state index < -0.39 is 5.92 Å². The van der Waals surface area contributed by atoms with Crippen LogP contribution in [0.1, 0.15) is 36.2 Å². The quantitative estimate of drug-likeness (QED) is 0.716. The van der Waals surface area contributed by atoms with E-state index in [0.717, 1.165) is 0 Å². The minimum absolute atomic E-state index is 0.0417. The molecule has 2 heterocycles. The number of hydrogen-bond donors (Lipinski definition) is 2. The zero-order valence-corrected chi connectivity index (χ0v) is 15.1. The number of rotatable bonds is 4. The summed E-state index contributed by atoms with van der Waals surface area (Å²) in [5, 5.41) is 7.94. The zero-order valence-electron chi connectivity index (χ0n) is 15.1. The van der Waals surface area contributed by atoms with E-state index >= 15 is 0 Å². The van der Waals surface area contributed by atoms with Gasteiger partial charge in [-0.05, 0) is 30.9 Å². The van der Waals surface area contributed by atoms with Crippen molar-refractivity contribution in [3.63, 3.8) is 0 Å². The fourth-order valence-corrected chi connectivity index (χ4v) is 3.69. The Kier molecular flexibility index (Phi) is 4.70. The van der Waals surface area contributed by atoms with Crippen LogP contribution in [0, 0.1) is 5.92 Å². The van der Waals surface area contributed by atoms with Gasteiger partial charge in [0.05, 0.1) is 5.52 Å². The number of fused-ring (bicyclic) bond motifs is 1. The molecule has 146 valence electrons. The third-order valence-corrected chi connectivity index (χ3v) is 5.16. The molecule has 0 unspecified atom stereocenters. The number of H-pyrrole nitrogens is 1. The van der Waals surface area contributed by atoms with Gasteiger partial charge in [0, 0.05) is 42.7 Å². The van der Waals surface area contributed by atoms with Crippen LogP contribution in [0.5, 0.6) is 0 Å². The van der Waals surface area contributed by atoms with Gasteiger partial charge in [0.1, 0.15) is 5.69 Å². The normalized spacial score (nSPS) is 16.9. The highest BCUT2D eigenvalue weighted by molar-refractivity contribution is 6.11. The van der Waals surface area contributed by atoms with Crippen molar-refractivity contribution in [2.75, 3.05) is 5.32 Å². The number of pyridine rings is 1. The smallest absolute Gasteiger partial charge is 0.274 e. The van der Waals surface area contributed by atoms with Crippen LogP contribution in [0.2, 0.25) is 0 Å². The molecule has 2 aromatic heterocycles. The van der Waals surface area contributed by atoms with Gasteiger partial charge >= 0.3 is 0 Å². The molecule has 0 aliphatic heterocycles. The van der Waals surface area contributed by atoms with E-state index in [4.69, 9.17) is 0 Å². The van der Waals surface area contributed by atoms with Crippen LogP contribution in [-0.4, -0.2) is 26.6 Å². The highest BCUT2D eigenvalue weighted by atomic mass is 19.3. The number of carbonyl (C=O) groups is 1. The number of aromatic amines is 1. The summed E-state index contributed by atoms with van der Waals surface area (Å²) in [5.74, 6) is -2.94. The lowest BCUT2D eigenvalue weighted by Gasteiger charge is -2.28. The molecule has 0 radical (unpaired) electrons. The van der Waals surface area contributed by atoms with Crippen molar-refractivity contribution >= 4 is 22.5 Å². The van der Waals surface area contributed by atoms with Gasteiger partial charge in [0.25, 0.3) is 5.91 Å². The van der Waals surface area contributed by atoms with Crippen molar-refractivity contribution in [1.29, 1.82) is 0 Å². The van der Waals surface area contributed by atoms with E-state index in [1.807, 2.05) is 18.2 Å². The number of alkyl halides is 2. The number of amides is 1.